The maximum absolute atomic E-state index is 11.6. The second kappa shape index (κ2) is 4.56. The van der Waals surface area contributed by atoms with Crippen LogP contribution >= 0.6 is 0 Å². The number of hydrogen-bond donors (Lipinski definition) is 3. The molecule has 1 aromatic carbocycles. The maximum atomic E-state index is 11.6. The van der Waals surface area contributed by atoms with Gasteiger partial charge in [-0.1, -0.05) is 6.07 Å². The number of anilines is 1. The van der Waals surface area contributed by atoms with E-state index in [0.717, 1.165) is 0 Å². The van der Waals surface area contributed by atoms with E-state index >= 15 is 0 Å². The van der Waals surface area contributed by atoms with Gasteiger partial charge in [0.2, 0.25) is 15.9 Å². The summed E-state index contributed by atoms with van der Waals surface area (Å²) in [5.74, 6) is -0.250. The van der Waals surface area contributed by atoms with Gasteiger partial charge < -0.3 is 15.6 Å². The molecule has 0 bridgehead atoms. The first-order valence-electron chi connectivity index (χ1n) is 5.45. The van der Waals surface area contributed by atoms with Crippen molar-refractivity contribution >= 4 is 32.5 Å². The highest BCUT2D eigenvalue weighted by Crippen LogP contribution is 2.29. The zero-order valence-electron chi connectivity index (χ0n) is 10.3. The molecule has 2 rings (SSSR count). The minimum absolute atomic E-state index is 0.00796. The Kier molecular flexibility index (Phi) is 3.21. The molecule has 5 N–H and O–H groups in total. The molecule has 0 atom stereocenters. The molecular formula is C11H14N4O3S. The number of likely N-dealkylation sites (N-methyl/N-ethyl adjacent to an activating group) is 1. The normalized spacial score (nSPS) is 11.7. The second-order valence-corrected chi connectivity index (χ2v) is 5.61. The molecule has 7 nitrogen and oxygen atoms in total. The van der Waals surface area contributed by atoms with Crippen LogP contribution in [0, 0.1) is 0 Å². The van der Waals surface area contributed by atoms with Crippen LogP contribution in [-0.4, -0.2) is 25.9 Å². The Morgan fingerprint density at radius 3 is 2.68 bits per heavy atom. The topological polar surface area (TPSA) is 120 Å². The predicted octanol–water partition coefficient (Wildman–Crippen LogP) is -0.383. The van der Waals surface area contributed by atoms with Crippen molar-refractivity contribution in [3.63, 3.8) is 0 Å². The number of sulfonamides is 1. The molecule has 1 amide bonds. The molecule has 0 unspecified atom stereocenters. The number of carbonyl (C=O) groups excluding carboxylic acids is 1. The number of amides is 1. The SMILES string of the molecule is CNC(=O)Cn1cc(S(N)(=O)=O)c2c(N)cccc21. The van der Waals surface area contributed by atoms with Crippen LogP contribution in [-0.2, 0) is 21.4 Å². The van der Waals surface area contributed by atoms with Crippen LogP contribution in [0.25, 0.3) is 10.9 Å². The molecule has 102 valence electrons. The number of nitrogens with one attached hydrogen (secondary N) is 1. The average molecular weight is 282 g/mol. The zero-order chi connectivity index (χ0) is 14.2. The summed E-state index contributed by atoms with van der Waals surface area (Å²) in [7, 11) is -2.40. The van der Waals surface area contributed by atoms with Crippen molar-refractivity contribution in [2.45, 2.75) is 11.4 Å². The van der Waals surface area contributed by atoms with E-state index in [9.17, 15) is 13.2 Å². The Labute approximate surface area is 110 Å². The summed E-state index contributed by atoms with van der Waals surface area (Å²) >= 11 is 0. The molecule has 0 saturated heterocycles. The first-order chi connectivity index (χ1) is 8.84. The highest BCUT2D eigenvalue weighted by Gasteiger charge is 2.19. The summed E-state index contributed by atoms with van der Waals surface area (Å²) < 4.78 is 24.7. The van der Waals surface area contributed by atoms with Crippen molar-refractivity contribution < 1.29 is 13.2 Å². The Balaban J connectivity index is 2.74. The van der Waals surface area contributed by atoms with E-state index < -0.39 is 10.0 Å². The van der Waals surface area contributed by atoms with E-state index in [0.29, 0.717) is 16.6 Å². The van der Waals surface area contributed by atoms with Crippen molar-refractivity contribution in [3.8, 4) is 0 Å². The van der Waals surface area contributed by atoms with Crippen LogP contribution in [0.4, 0.5) is 5.69 Å². The first-order valence-corrected chi connectivity index (χ1v) is 7.00. The number of nitrogen functional groups attached to an aromatic ring is 1. The molecule has 0 fully saturated rings. The Hall–Kier alpha value is -2.06. The van der Waals surface area contributed by atoms with Crippen molar-refractivity contribution in [2.75, 3.05) is 12.8 Å². The van der Waals surface area contributed by atoms with Gasteiger partial charge in [-0.2, -0.15) is 0 Å². The molecule has 1 heterocycles. The Bertz CT molecular complexity index is 749. The third-order valence-corrected chi connectivity index (χ3v) is 3.73. The molecule has 8 heteroatoms. The Morgan fingerprint density at radius 2 is 2.11 bits per heavy atom. The predicted molar refractivity (Wildman–Crippen MR) is 71.8 cm³/mol. The number of carbonyl (C=O) groups is 1. The minimum Gasteiger partial charge on any atom is -0.398 e. The van der Waals surface area contributed by atoms with E-state index in [1.165, 1.54) is 17.8 Å². The van der Waals surface area contributed by atoms with Crippen molar-refractivity contribution in [1.82, 2.24) is 9.88 Å². The van der Waals surface area contributed by atoms with Crippen molar-refractivity contribution in [2.24, 2.45) is 5.14 Å². The van der Waals surface area contributed by atoms with Crippen LogP contribution in [0.15, 0.2) is 29.3 Å². The van der Waals surface area contributed by atoms with Gasteiger partial charge in [-0.15, -0.1) is 0 Å². The fourth-order valence-electron chi connectivity index (χ4n) is 1.92. The molecular weight excluding hydrogens is 268 g/mol. The highest BCUT2D eigenvalue weighted by molar-refractivity contribution is 7.89. The third-order valence-electron chi connectivity index (χ3n) is 2.80. The van der Waals surface area contributed by atoms with Gasteiger partial charge in [0.05, 0.1) is 5.52 Å². The number of hydrogen-bond acceptors (Lipinski definition) is 4. The van der Waals surface area contributed by atoms with Gasteiger partial charge in [-0.25, -0.2) is 13.6 Å². The minimum atomic E-state index is -3.91. The lowest BCUT2D eigenvalue weighted by atomic mass is 10.2. The lowest BCUT2D eigenvalue weighted by Gasteiger charge is -2.04. The molecule has 2 aromatic rings. The summed E-state index contributed by atoms with van der Waals surface area (Å²) in [5.41, 5.74) is 6.65. The second-order valence-electron chi connectivity index (χ2n) is 4.08. The summed E-state index contributed by atoms with van der Waals surface area (Å²) in [5, 5.41) is 7.98. The molecule has 0 saturated carbocycles. The van der Waals surface area contributed by atoms with Crippen LogP contribution in [0.1, 0.15) is 0 Å². The van der Waals surface area contributed by atoms with E-state index in [1.54, 1.807) is 18.2 Å². The number of aromatic nitrogens is 1. The summed E-state index contributed by atoms with van der Waals surface area (Å²) in [6.45, 7) is -0.00796. The monoisotopic (exact) mass is 282 g/mol. The fraction of sp³-hybridized carbons (Fsp3) is 0.182. The van der Waals surface area contributed by atoms with E-state index in [-0.39, 0.29) is 17.3 Å². The molecule has 0 radical (unpaired) electrons. The molecule has 19 heavy (non-hydrogen) atoms. The van der Waals surface area contributed by atoms with Crippen LogP contribution < -0.4 is 16.2 Å². The Morgan fingerprint density at radius 1 is 1.42 bits per heavy atom. The van der Waals surface area contributed by atoms with E-state index in [4.69, 9.17) is 10.9 Å². The molecule has 0 aliphatic carbocycles. The smallest absolute Gasteiger partial charge is 0.240 e. The van der Waals surface area contributed by atoms with Gasteiger partial charge >= 0.3 is 0 Å². The fourth-order valence-corrected chi connectivity index (χ4v) is 2.70. The van der Waals surface area contributed by atoms with Gasteiger partial charge in [0.15, 0.2) is 0 Å². The summed E-state index contributed by atoms with van der Waals surface area (Å²) in [6, 6.07) is 4.95. The lowest BCUT2D eigenvalue weighted by Crippen LogP contribution is -2.23. The van der Waals surface area contributed by atoms with E-state index in [1.807, 2.05) is 0 Å². The largest absolute Gasteiger partial charge is 0.398 e. The number of rotatable bonds is 3. The van der Waals surface area contributed by atoms with Gasteiger partial charge in [0.1, 0.15) is 11.4 Å². The molecule has 0 aliphatic rings. The van der Waals surface area contributed by atoms with Gasteiger partial charge in [0, 0.05) is 24.3 Å². The highest BCUT2D eigenvalue weighted by atomic mass is 32.2. The van der Waals surface area contributed by atoms with Gasteiger partial charge in [-0.05, 0) is 12.1 Å². The third kappa shape index (κ3) is 2.40. The number of nitrogens with zero attached hydrogens (tertiary/aromatic N) is 1. The molecule has 0 spiro atoms. The van der Waals surface area contributed by atoms with Crippen LogP contribution in [0.2, 0.25) is 0 Å². The standard InChI is InChI=1S/C11H14N4O3S/c1-14-10(16)6-15-5-9(19(13,17)18)11-7(12)3-2-4-8(11)15/h2-5H,6,12H2,1H3,(H,14,16)(H2,13,17,18). The molecule has 0 aliphatic heterocycles. The maximum Gasteiger partial charge on any atom is 0.240 e. The first kappa shape index (κ1) is 13.4. The average Bonchev–Trinajstić information content (AvgIpc) is 2.69. The van der Waals surface area contributed by atoms with Crippen LogP contribution in [0.3, 0.4) is 0 Å². The van der Waals surface area contributed by atoms with E-state index in [2.05, 4.69) is 5.32 Å². The number of fused-ring (bicyclic) bond motifs is 1. The van der Waals surface area contributed by atoms with Gasteiger partial charge in [0.25, 0.3) is 0 Å². The number of nitrogens with two attached hydrogens (primary N) is 2. The van der Waals surface area contributed by atoms with Crippen molar-refractivity contribution in [3.05, 3.63) is 24.4 Å². The zero-order valence-corrected chi connectivity index (χ0v) is 11.1. The quantitative estimate of drug-likeness (QED) is 0.664. The lowest BCUT2D eigenvalue weighted by molar-refractivity contribution is -0.121. The summed E-state index contributed by atoms with van der Waals surface area (Å²) in [4.78, 5) is 11.3. The number of primary sulfonamides is 1. The number of benzene rings is 1. The van der Waals surface area contributed by atoms with Gasteiger partial charge in [-0.3, -0.25) is 4.79 Å². The summed E-state index contributed by atoms with van der Waals surface area (Å²) in [6.07, 6.45) is 1.32. The molecule has 1 aromatic heterocycles. The van der Waals surface area contributed by atoms with Crippen LogP contribution in [0.5, 0.6) is 0 Å². The van der Waals surface area contributed by atoms with Crippen molar-refractivity contribution in [1.29, 1.82) is 0 Å².